The number of ether oxygens (including phenoxy) is 2. The smallest absolute Gasteiger partial charge is 0.416 e. The number of halogens is 3. The van der Waals surface area contributed by atoms with E-state index in [0.29, 0.717) is 25.4 Å². The topological polar surface area (TPSA) is 50.8 Å². The van der Waals surface area contributed by atoms with Crippen LogP contribution >= 0.6 is 0 Å². The van der Waals surface area contributed by atoms with Crippen LogP contribution in [0.25, 0.3) is 0 Å². The molecule has 0 saturated carbocycles. The Hall–Kier alpha value is -2.38. The second-order valence-electron chi connectivity index (χ2n) is 5.06. The highest BCUT2D eigenvalue weighted by Crippen LogP contribution is 2.35. The van der Waals surface area contributed by atoms with E-state index in [4.69, 9.17) is 9.47 Å². The molecule has 1 heterocycles. The first-order chi connectivity index (χ1) is 11.4. The van der Waals surface area contributed by atoms with Crippen LogP contribution in [0.1, 0.15) is 19.4 Å². The molecule has 0 aliphatic carbocycles. The Balaban J connectivity index is 2.36. The van der Waals surface area contributed by atoms with Crippen molar-refractivity contribution in [3.63, 3.8) is 0 Å². The number of carbonyl (C=O) groups is 1. The molecular formula is C16H19F3N2O3. The molecule has 1 N–H and O–H groups in total. The van der Waals surface area contributed by atoms with Gasteiger partial charge in [0.25, 0.3) is 5.91 Å². The van der Waals surface area contributed by atoms with E-state index in [9.17, 15) is 18.0 Å². The summed E-state index contributed by atoms with van der Waals surface area (Å²) in [4.78, 5) is 14.0. The summed E-state index contributed by atoms with van der Waals surface area (Å²) < 4.78 is 49.1. The molecule has 2 rings (SSSR count). The number of carbonyl (C=O) groups excluding carboxylic acids is 1. The van der Waals surface area contributed by atoms with Crippen molar-refractivity contribution in [1.29, 1.82) is 0 Å². The molecule has 0 radical (unpaired) electrons. The summed E-state index contributed by atoms with van der Waals surface area (Å²) >= 11 is 0. The largest absolute Gasteiger partial charge is 0.494 e. The molecule has 5 nitrogen and oxygen atoms in total. The quantitative estimate of drug-likeness (QED) is 0.890. The minimum Gasteiger partial charge on any atom is -0.494 e. The third-order valence-corrected chi connectivity index (χ3v) is 3.55. The van der Waals surface area contributed by atoms with Gasteiger partial charge in [-0.2, -0.15) is 13.2 Å². The molecular weight excluding hydrogens is 325 g/mol. The van der Waals surface area contributed by atoms with E-state index in [1.165, 1.54) is 6.07 Å². The second-order valence-corrected chi connectivity index (χ2v) is 5.06. The molecule has 24 heavy (non-hydrogen) atoms. The lowest BCUT2D eigenvalue weighted by Gasteiger charge is -2.25. The third kappa shape index (κ3) is 4.12. The lowest BCUT2D eigenvalue weighted by atomic mass is 10.1. The van der Waals surface area contributed by atoms with Crippen molar-refractivity contribution < 1.29 is 27.4 Å². The van der Waals surface area contributed by atoms with Gasteiger partial charge in [-0.05, 0) is 32.0 Å². The van der Waals surface area contributed by atoms with Crippen LogP contribution in [-0.4, -0.2) is 32.2 Å². The van der Waals surface area contributed by atoms with E-state index in [-0.39, 0.29) is 18.1 Å². The number of nitrogens with zero attached hydrogens (tertiary/aromatic N) is 1. The van der Waals surface area contributed by atoms with Crippen molar-refractivity contribution in [2.45, 2.75) is 20.0 Å². The Morgan fingerprint density at radius 1 is 1.25 bits per heavy atom. The molecule has 1 aromatic carbocycles. The number of anilines is 2. The highest BCUT2D eigenvalue weighted by molar-refractivity contribution is 6.04. The summed E-state index contributed by atoms with van der Waals surface area (Å²) in [5.74, 6) is -0.716. The van der Waals surface area contributed by atoms with Gasteiger partial charge in [0.05, 0.1) is 16.9 Å². The number of benzene rings is 1. The van der Waals surface area contributed by atoms with Gasteiger partial charge in [-0.1, -0.05) is 0 Å². The van der Waals surface area contributed by atoms with Crippen molar-refractivity contribution in [3.05, 3.63) is 35.8 Å². The predicted octanol–water partition coefficient (Wildman–Crippen LogP) is 3.38. The zero-order valence-corrected chi connectivity index (χ0v) is 13.4. The van der Waals surface area contributed by atoms with Crippen molar-refractivity contribution in [2.24, 2.45) is 0 Å². The van der Waals surface area contributed by atoms with E-state index in [0.717, 1.165) is 18.4 Å². The number of rotatable bonds is 5. The first-order valence-electron chi connectivity index (χ1n) is 7.59. The fourth-order valence-electron chi connectivity index (χ4n) is 2.32. The predicted molar refractivity (Wildman–Crippen MR) is 83.6 cm³/mol. The molecule has 0 spiro atoms. The zero-order valence-electron chi connectivity index (χ0n) is 13.4. The van der Waals surface area contributed by atoms with Crippen LogP contribution in [0.15, 0.2) is 30.2 Å². The van der Waals surface area contributed by atoms with Crippen LogP contribution in [0.2, 0.25) is 0 Å². The first kappa shape index (κ1) is 18.0. The SMILES string of the molecule is CCN(CC)c1ccc(C(F)(F)F)cc1NC(=O)C1=COCCO1. The van der Waals surface area contributed by atoms with Crippen molar-refractivity contribution in [3.8, 4) is 0 Å². The lowest BCUT2D eigenvalue weighted by Crippen LogP contribution is -2.26. The van der Waals surface area contributed by atoms with Gasteiger partial charge in [-0.15, -0.1) is 0 Å². The molecule has 1 aliphatic rings. The van der Waals surface area contributed by atoms with E-state index >= 15 is 0 Å². The molecule has 0 unspecified atom stereocenters. The zero-order chi connectivity index (χ0) is 17.7. The van der Waals surface area contributed by atoms with Gasteiger partial charge in [-0.3, -0.25) is 4.79 Å². The lowest BCUT2D eigenvalue weighted by molar-refractivity contribution is -0.137. The fraction of sp³-hybridized carbons (Fsp3) is 0.438. The van der Waals surface area contributed by atoms with Crippen LogP contribution in [0.5, 0.6) is 0 Å². The van der Waals surface area contributed by atoms with Gasteiger partial charge in [0.15, 0.2) is 0 Å². The highest BCUT2D eigenvalue weighted by atomic mass is 19.4. The molecule has 0 bridgehead atoms. The molecule has 0 atom stereocenters. The minimum absolute atomic E-state index is 0.0656. The van der Waals surface area contributed by atoms with Crippen LogP contribution in [-0.2, 0) is 20.4 Å². The molecule has 1 aromatic rings. The summed E-state index contributed by atoms with van der Waals surface area (Å²) in [6, 6.07) is 3.29. The van der Waals surface area contributed by atoms with Gasteiger partial charge < -0.3 is 19.7 Å². The van der Waals surface area contributed by atoms with Crippen molar-refractivity contribution in [2.75, 3.05) is 36.5 Å². The molecule has 132 valence electrons. The minimum atomic E-state index is -4.50. The average molecular weight is 344 g/mol. The van der Waals surface area contributed by atoms with E-state index < -0.39 is 17.6 Å². The van der Waals surface area contributed by atoms with Crippen molar-refractivity contribution >= 4 is 17.3 Å². The third-order valence-electron chi connectivity index (χ3n) is 3.55. The molecule has 8 heteroatoms. The molecule has 1 amide bonds. The van der Waals surface area contributed by atoms with Gasteiger partial charge >= 0.3 is 6.18 Å². The maximum Gasteiger partial charge on any atom is 0.416 e. The van der Waals surface area contributed by atoms with Crippen LogP contribution in [0.4, 0.5) is 24.5 Å². The molecule has 0 saturated heterocycles. The number of amides is 1. The van der Waals surface area contributed by atoms with Crippen LogP contribution in [0, 0.1) is 0 Å². The van der Waals surface area contributed by atoms with E-state index in [2.05, 4.69) is 5.32 Å². The maximum absolute atomic E-state index is 13.0. The van der Waals surface area contributed by atoms with Gasteiger partial charge in [0.1, 0.15) is 19.5 Å². The summed E-state index contributed by atoms with van der Waals surface area (Å²) in [6.45, 7) is 5.48. The van der Waals surface area contributed by atoms with Gasteiger partial charge in [-0.25, -0.2) is 0 Å². The maximum atomic E-state index is 13.0. The van der Waals surface area contributed by atoms with Gasteiger partial charge in [0, 0.05) is 13.1 Å². The average Bonchev–Trinajstić information content (AvgIpc) is 2.57. The summed E-state index contributed by atoms with van der Waals surface area (Å²) in [6.07, 6.45) is -3.34. The Morgan fingerprint density at radius 2 is 1.96 bits per heavy atom. The van der Waals surface area contributed by atoms with Crippen LogP contribution in [0.3, 0.4) is 0 Å². The Bertz CT molecular complexity index is 625. The first-order valence-corrected chi connectivity index (χ1v) is 7.59. The number of alkyl halides is 3. The molecule has 1 aliphatic heterocycles. The van der Waals surface area contributed by atoms with E-state index in [1.807, 2.05) is 18.7 Å². The summed E-state index contributed by atoms with van der Waals surface area (Å²) in [5, 5.41) is 2.49. The number of hydrogen-bond acceptors (Lipinski definition) is 4. The standard InChI is InChI=1S/C16H19F3N2O3/c1-3-21(4-2)13-6-5-11(16(17,18)19)9-12(13)20-15(22)14-10-23-7-8-24-14/h5-6,9-10H,3-4,7-8H2,1-2H3,(H,20,22). The van der Waals surface area contributed by atoms with Gasteiger partial charge in [0.2, 0.25) is 5.76 Å². The molecule has 0 aromatic heterocycles. The Labute approximate surface area is 138 Å². The van der Waals surface area contributed by atoms with Crippen molar-refractivity contribution in [1.82, 2.24) is 0 Å². The van der Waals surface area contributed by atoms with Crippen LogP contribution < -0.4 is 10.2 Å². The second kappa shape index (κ2) is 7.46. The highest BCUT2D eigenvalue weighted by Gasteiger charge is 2.31. The Morgan fingerprint density at radius 3 is 2.50 bits per heavy atom. The normalized spacial score (nSPS) is 14.3. The monoisotopic (exact) mass is 344 g/mol. The number of nitrogens with one attached hydrogen (secondary N) is 1. The summed E-state index contributed by atoms with van der Waals surface area (Å²) in [5.41, 5.74) is -0.240. The Kier molecular flexibility index (Phi) is 5.58. The summed E-state index contributed by atoms with van der Waals surface area (Å²) in [7, 11) is 0. The van der Waals surface area contributed by atoms with E-state index in [1.54, 1.807) is 0 Å². The molecule has 0 fully saturated rings. The number of hydrogen-bond donors (Lipinski definition) is 1. The fourth-order valence-corrected chi connectivity index (χ4v) is 2.32.